The first kappa shape index (κ1) is 25.7. The van der Waals surface area contributed by atoms with Gasteiger partial charge in [-0.25, -0.2) is 14.3 Å². The monoisotopic (exact) mass is 545 g/mol. The van der Waals surface area contributed by atoms with Gasteiger partial charge >= 0.3 is 5.69 Å². The zero-order valence-corrected chi connectivity index (χ0v) is 22.5. The number of aryl methyl sites for hydroxylation is 2. The molecule has 0 radical (unpaired) electrons. The van der Waals surface area contributed by atoms with Crippen LogP contribution in [0.5, 0.6) is 5.88 Å². The van der Waals surface area contributed by atoms with Crippen LogP contribution in [0.4, 0.5) is 0 Å². The summed E-state index contributed by atoms with van der Waals surface area (Å²) in [5, 5.41) is 18.9. The van der Waals surface area contributed by atoms with Gasteiger partial charge in [-0.2, -0.15) is 5.10 Å². The number of hydrogen-bond donors (Lipinski definition) is 4. The molecule has 0 aliphatic rings. The number of aromatic hydroxyl groups is 1. The number of imidazole rings is 2. The number of nitrogens with zero attached hydrogens (tertiary/aromatic N) is 4. The van der Waals surface area contributed by atoms with Gasteiger partial charge in [0.1, 0.15) is 5.69 Å². The van der Waals surface area contributed by atoms with Crippen molar-refractivity contribution in [2.45, 2.75) is 26.8 Å². The van der Waals surface area contributed by atoms with E-state index in [1.807, 2.05) is 56.4 Å². The highest BCUT2D eigenvalue weighted by atomic mass is 16.3. The van der Waals surface area contributed by atoms with Gasteiger partial charge in [0.25, 0.3) is 5.91 Å². The number of carbonyl (C=O) groups is 1. The molecule has 0 aliphatic heterocycles. The van der Waals surface area contributed by atoms with Gasteiger partial charge in [0.2, 0.25) is 5.88 Å². The summed E-state index contributed by atoms with van der Waals surface area (Å²) in [6, 6.07) is 15.0. The Kier molecular flexibility index (Phi) is 6.61. The molecule has 0 spiro atoms. The largest absolute Gasteiger partial charge is 0.493 e. The molecule has 6 rings (SSSR count). The maximum absolute atomic E-state index is 12.9. The van der Waals surface area contributed by atoms with Gasteiger partial charge in [0.05, 0.1) is 11.9 Å². The van der Waals surface area contributed by atoms with Crippen LogP contribution in [0, 0.1) is 25.7 Å². The predicted molar refractivity (Wildman–Crippen MR) is 155 cm³/mol. The molecule has 0 aliphatic carbocycles. The first-order chi connectivity index (χ1) is 19.9. The zero-order chi connectivity index (χ0) is 28.5. The fourth-order valence-electron chi connectivity index (χ4n) is 4.87. The Labute approximate surface area is 234 Å². The Morgan fingerprint density at radius 2 is 1.98 bits per heavy atom. The number of para-hydroxylation sites is 1. The average molecular weight is 546 g/mol. The van der Waals surface area contributed by atoms with Crippen molar-refractivity contribution < 1.29 is 9.90 Å². The van der Waals surface area contributed by atoms with Crippen LogP contribution in [0.25, 0.3) is 16.6 Å². The number of H-pyrrole nitrogens is 2. The molecule has 4 aromatic heterocycles. The van der Waals surface area contributed by atoms with Crippen LogP contribution >= 0.6 is 0 Å². The highest BCUT2D eigenvalue weighted by Crippen LogP contribution is 2.25. The molecule has 4 N–H and O–H groups in total. The molecule has 1 amide bonds. The van der Waals surface area contributed by atoms with Gasteiger partial charge in [0, 0.05) is 53.9 Å². The molecule has 0 saturated heterocycles. The summed E-state index contributed by atoms with van der Waals surface area (Å²) in [5.41, 5.74) is 6.54. The summed E-state index contributed by atoms with van der Waals surface area (Å²) >= 11 is 0. The quantitative estimate of drug-likeness (QED) is 0.238. The molecule has 2 aromatic carbocycles. The van der Waals surface area contributed by atoms with Crippen molar-refractivity contribution in [1.82, 2.24) is 34.4 Å². The van der Waals surface area contributed by atoms with Gasteiger partial charge in [0.15, 0.2) is 5.65 Å². The van der Waals surface area contributed by atoms with Crippen LogP contribution in [0.15, 0.2) is 71.9 Å². The Balaban J connectivity index is 1.13. The number of aromatic nitrogens is 6. The zero-order valence-electron chi connectivity index (χ0n) is 22.5. The van der Waals surface area contributed by atoms with E-state index in [4.69, 9.17) is 0 Å². The van der Waals surface area contributed by atoms with Crippen LogP contribution in [-0.4, -0.2) is 46.7 Å². The maximum Gasteiger partial charge on any atom is 0.328 e. The molecule has 10 nitrogen and oxygen atoms in total. The lowest BCUT2D eigenvalue weighted by Crippen LogP contribution is -2.30. The molecule has 204 valence electrons. The predicted octanol–water partition coefficient (Wildman–Crippen LogP) is 3.44. The lowest BCUT2D eigenvalue weighted by molar-refractivity contribution is 0.0951. The van der Waals surface area contributed by atoms with Gasteiger partial charge in [-0.15, -0.1) is 0 Å². The number of hydrogen-bond acceptors (Lipinski definition) is 5. The SMILES string of the molecule is Cc1ccc(C(=O)NCCn2c(O)c(Cc3c[nH]c4c(C)cccc34)[nH]c2=O)cc1C#Cc1cnc2cccnn12. The topological polar surface area (TPSA) is 133 Å². The summed E-state index contributed by atoms with van der Waals surface area (Å²) in [6.45, 7) is 4.21. The highest BCUT2D eigenvalue weighted by Gasteiger charge is 2.16. The average Bonchev–Trinajstić information content (AvgIpc) is 3.65. The van der Waals surface area contributed by atoms with E-state index < -0.39 is 5.69 Å². The van der Waals surface area contributed by atoms with E-state index in [-0.39, 0.29) is 24.9 Å². The second kappa shape index (κ2) is 10.5. The molecule has 0 unspecified atom stereocenters. The third kappa shape index (κ3) is 4.96. The fourth-order valence-corrected chi connectivity index (χ4v) is 4.87. The van der Waals surface area contributed by atoms with E-state index >= 15 is 0 Å². The van der Waals surface area contributed by atoms with E-state index in [1.165, 1.54) is 4.57 Å². The van der Waals surface area contributed by atoms with E-state index in [9.17, 15) is 14.7 Å². The van der Waals surface area contributed by atoms with E-state index in [1.54, 1.807) is 29.0 Å². The first-order valence-electron chi connectivity index (χ1n) is 13.1. The smallest absolute Gasteiger partial charge is 0.328 e. The highest BCUT2D eigenvalue weighted by molar-refractivity contribution is 5.94. The Bertz CT molecular complexity index is 2050. The summed E-state index contributed by atoms with van der Waals surface area (Å²) in [5.74, 6) is 5.76. The molecular weight excluding hydrogens is 518 g/mol. The lowest BCUT2D eigenvalue weighted by Gasteiger charge is -2.08. The van der Waals surface area contributed by atoms with Gasteiger partial charge < -0.3 is 20.4 Å². The minimum Gasteiger partial charge on any atom is -0.493 e. The van der Waals surface area contributed by atoms with Crippen LogP contribution in [0.3, 0.4) is 0 Å². The maximum atomic E-state index is 12.9. The Morgan fingerprint density at radius 1 is 1.10 bits per heavy atom. The normalized spacial score (nSPS) is 11.1. The number of carbonyl (C=O) groups excluding carboxylic acids is 1. The second-order valence-electron chi connectivity index (χ2n) is 9.84. The molecular formula is C31H27N7O3. The fraction of sp³-hybridized carbons (Fsp3) is 0.161. The number of fused-ring (bicyclic) bond motifs is 2. The van der Waals surface area contributed by atoms with Gasteiger partial charge in [-0.1, -0.05) is 30.2 Å². The summed E-state index contributed by atoms with van der Waals surface area (Å²) in [4.78, 5) is 35.8. The molecule has 0 bridgehead atoms. The van der Waals surface area contributed by atoms with Crippen molar-refractivity contribution in [2.24, 2.45) is 0 Å². The van der Waals surface area contributed by atoms with Crippen molar-refractivity contribution in [3.63, 3.8) is 0 Å². The molecule has 6 aromatic rings. The van der Waals surface area contributed by atoms with E-state index in [0.29, 0.717) is 34.6 Å². The molecule has 0 fully saturated rings. The number of amides is 1. The van der Waals surface area contributed by atoms with Crippen LogP contribution < -0.4 is 11.0 Å². The summed E-state index contributed by atoms with van der Waals surface area (Å²) < 4.78 is 2.88. The molecule has 10 heteroatoms. The van der Waals surface area contributed by atoms with Crippen molar-refractivity contribution in [1.29, 1.82) is 0 Å². The molecule has 0 atom stereocenters. The minimum absolute atomic E-state index is 0.111. The Hall–Kier alpha value is -5.56. The van der Waals surface area contributed by atoms with Crippen molar-refractivity contribution >= 4 is 22.5 Å². The number of rotatable bonds is 6. The van der Waals surface area contributed by atoms with Crippen LogP contribution in [-0.2, 0) is 13.0 Å². The third-order valence-corrected chi connectivity index (χ3v) is 7.13. The molecule has 0 saturated carbocycles. The third-order valence-electron chi connectivity index (χ3n) is 7.13. The number of nitrogens with one attached hydrogen (secondary N) is 3. The van der Waals surface area contributed by atoms with Crippen molar-refractivity contribution in [3.8, 4) is 17.7 Å². The van der Waals surface area contributed by atoms with Gasteiger partial charge in [-0.05, 0) is 60.7 Å². The van der Waals surface area contributed by atoms with Crippen LogP contribution in [0.2, 0.25) is 0 Å². The lowest BCUT2D eigenvalue weighted by atomic mass is 10.0. The second-order valence-corrected chi connectivity index (χ2v) is 9.84. The van der Waals surface area contributed by atoms with Crippen molar-refractivity contribution in [3.05, 3.63) is 117 Å². The van der Waals surface area contributed by atoms with Crippen molar-refractivity contribution in [2.75, 3.05) is 6.54 Å². The molecule has 4 heterocycles. The first-order valence-corrected chi connectivity index (χ1v) is 13.1. The standard InChI is InChI=1S/C31H27N7O3/c1-19-8-9-22(15-21(19)10-11-24-18-33-27-7-4-12-35-38(24)27)29(39)32-13-14-37-30(40)26(36-31(37)41)16-23-17-34-28-20(2)5-3-6-25(23)28/h3-9,12,15,17-18,34,40H,13-14,16H2,1-2H3,(H,32,39)(H,36,41). The minimum atomic E-state index is -0.433. The summed E-state index contributed by atoms with van der Waals surface area (Å²) in [7, 11) is 0. The van der Waals surface area contributed by atoms with E-state index in [0.717, 1.165) is 27.6 Å². The van der Waals surface area contributed by atoms with Crippen LogP contribution in [0.1, 0.15) is 44.0 Å². The Morgan fingerprint density at radius 3 is 2.85 bits per heavy atom. The summed E-state index contributed by atoms with van der Waals surface area (Å²) in [6.07, 6.45) is 5.58. The number of benzene rings is 2. The number of aromatic amines is 2. The van der Waals surface area contributed by atoms with E-state index in [2.05, 4.69) is 37.2 Å². The van der Waals surface area contributed by atoms with Gasteiger partial charge in [-0.3, -0.25) is 9.36 Å². The molecule has 41 heavy (non-hydrogen) atoms.